The van der Waals surface area contributed by atoms with E-state index in [-0.39, 0.29) is 0 Å². The molecule has 2 aromatic carbocycles. The first-order valence-electron chi connectivity index (χ1n) is 6.82. The van der Waals surface area contributed by atoms with Crippen LogP contribution < -0.4 is 5.43 Å². The van der Waals surface area contributed by atoms with E-state index in [9.17, 15) is 0 Å². The zero-order chi connectivity index (χ0) is 17.1. The lowest BCUT2D eigenvalue weighted by molar-refractivity contribution is 0.575. The second-order valence-corrected chi connectivity index (χ2v) is 6.99. The molecule has 0 atom stereocenters. The zero-order valence-electron chi connectivity index (χ0n) is 12.1. The van der Waals surface area contributed by atoms with Gasteiger partial charge in [0.25, 0.3) is 0 Å². The van der Waals surface area contributed by atoms with Gasteiger partial charge < -0.3 is 4.42 Å². The molecule has 1 heterocycles. The highest BCUT2D eigenvalue weighted by molar-refractivity contribution is 9.10. The van der Waals surface area contributed by atoms with Crippen molar-refractivity contribution in [1.29, 1.82) is 0 Å². The molecule has 0 spiro atoms. The minimum atomic E-state index is 0.389. The molecule has 24 heavy (non-hydrogen) atoms. The molecule has 0 saturated carbocycles. The summed E-state index contributed by atoms with van der Waals surface area (Å²) in [5.74, 6) is 1.35. The van der Waals surface area contributed by atoms with E-state index in [1.807, 2.05) is 36.4 Å². The second kappa shape index (κ2) is 7.62. The third kappa shape index (κ3) is 4.14. The molecule has 0 radical (unpaired) electrons. The maximum Gasteiger partial charge on any atom is 0.147 e. The molecule has 0 aliphatic heterocycles. The Morgan fingerprint density at radius 2 is 1.62 bits per heavy atom. The average molecular weight is 445 g/mol. The van der Waals surface area contributed by atoms with Crippen molar-refractivity contribution in [3.05, 3.63) is 73.8 Å². The highest BCUT2D eigenvalue weighted by atomic mass is 79.9. The molecule has 1 N–H and O–H groups in total. The number of furan rings is 1. The van der Waals surface area contributed by atoms with Gasteiger partial charge in [0, 0.05) is 15.1 Å². The van der Waals surface area contributed by atoms with Gasteiger partial charge in [0.2, 0.25) is 0 Å². The predicted molar refractivity (Wildman–Crippen MR) is 105 cm³/mol. The fraction of sp³-hybridized carbons (Fsp3) is 0. The van der Waals surface area contributed by atoms with Crippen molar-refractivity contribution in [2.45, 2.75) is 0 Å². The van der Waals surface area contributed by atoms with Gasteiger partial charge >= 0.3 is 0 Å². The largest absolute Gasteiger partial charge is 0.455 e. The summed E-state index contributed by atoms with van der Waals surface area (Å²) >= 11 is 21.4. The van der Waals surface area contributed by atoms with Crippen LogP contribution in [0, 0.1) is 0 Å². The van der Waals surface area contributed by atoms with Gasteiger partial charge in [-0.2, -0.15) is 5.10 Å². The standard InChI is InChI=1S/C17H10BrCl3N2O/c18-11-3-1-10(2-4-11)16-6-5-13(24-16)9-22-23-17-14(20)7-12(19)8-15(17)21/h1-9,23H/b22-9-. The quantitative estimate of drug-likeness (QED) is 0.344. The lowest BCUT2D eigenvalue weighted by Gasteiger charge is -2.06. The summed E-state index contributed by atoms with van der Waals surface area (Å²) in [4.78, 5) is 0. The van der Waals surface area contributed by atoms with Gasteiger partial charge in [-0.1, -0.05) is 62.9 Å². The highest BCUT2D eigenvalue weighted by Gasteiger charge is 2.07. The Bertz CT molecular complexity index is 868. The van der Waals surface area contributed by atoms with Gasteiger partial charge in [-0.15, -0.1) is 0 Å². The SMILES string of the molecule is Clc1cc(Cl)c(N/N=C\c2ccc(-c3ccc(Br)cc3)o2)c(Cl)c1. The smallest absolute Gasteiger partial charge is 0.147 e. The van der Waals surface area contributed by atoms with Crippen LogP contribution in [-0.4, -0.2) is 6.21 Å². The minimum Gasteiger partial charge on any atom is -0.455 e. The zero-order valence-corrected chi connectivity index (χ0v) is 15.9. The molecule has 0 aliphatic carbocycles. The Hall–Kier alpha value is -1.46. The van der Waals surface area contributed by atoms with Crippen molar-refractivity contribution in [3.8, 4) is 11.3 Å². The van der Waals surface area contributed by atoms with Crippen molar-refractivity contribution < 1.29 is 4.42 Å². The lowest BCUT2D eigenvalue weighted by atomic mass is 10.2. The molecular formula is C17H10BrCl3N2O. The molecule has 0 aliphatic rings. The van der Waals surface area contributed by atoms with Gasteiger partial charge in [0.15, 0.2) is 0 Å². The molecule has 0 saturated heterocycles. The van der Waals surface area contributed by atoms with Crippen molar-refractivity contribution in [1.82, 2.24) is 0 Å². The topological polar surface area (TPSA) is 37.5 Å². The van der Waals surface area contributed by atoms with Crippen molar-refractivity contribution in [3.63, 3.8) is 0 Å². The lowest BCUT2D eigenvalue weighted by Crippen LogP contribution is -1.92. The molecule has 7 heteroatoms. The summed E-state index contributed by atoms with van der Waals surface area (Å²) in [7, 11) is 0. The molecule has 0 bridgehead atoms. The van der Waals surface area contributed by atoms with Crippen molar-refractivity contribution in [2.24, 2.45) is 5.10 Å². The molecule has 3 aromatic rings. The van der Waals surface area contributed by atoms with E-state index < -0.39 is 0 Å². The van der Waals surface area contributed by atoms with Crippen molar-refractivity contribution >= 4 is 62.6 Å². The average Bonchev–Trinajstić information content (AvgIpc) is 2.99. The van der Waals surface area contributed by atoms with Crippen LogP contribution in [0.5, 0.6) is 0 Å². The van der Waals surface area contributed by atoms with E-state index in [4.69, 9.17) is 39.2 Å². The predicted octanol–water partition coefficient (Wildman–Crippen LogP) is 7.12. The molecule has 0 unspecified atom stereocenters. The van der Waals surface area contributed by atoms with Gasteiger partial charge in [-0.3, -0.25) is 5.43 Å². The van der Waals surface area contributed by atoms with E-state index in [2.05, 4.69) is 26.5 Å². The van der Waals surface area contributed by atoms with Crippen LogP contribution >= 0.6 is 50.7 Å². The molecule has 3 rings (SSSR count). The van der Waals surface area contributed by atoms with Crippen LogP contribution in [0.25, 0.3) is 11.3 Å². The van der Waals surface area contributed by atoms with Gasteiger partial charge in [-0.25, -0.2) is 0 Å². The molecule has 122 valence electrons. The summed E-state index contributed by atoms with van der Waals surface area (Å²) in [5, 5.41) is 5.34. The van der Waals surface area contributed by atoms with Gasteiger partial charge in [0.05, 0.1) is 21.9 Å². The minimum absolute atomic E-state index is 0.389. The first kappa shape index (κ1) is 17.4. The van der Waals surface area contributed by atoms with Gasteiger partial charge in [0.1, 0.15) is 11.5 Å². The Morgan fingerprint density at radius 1 is 0.958 bits per heavy atom. The van der Waals surface area contributed by atoms with E-state index in [0.717, 1.165) is 15.8 Å². The monoisotopic (exact) mass is 442 g/mol. The summed E-state index contributed by atoms with van der Waals surface area (Å²) in [6.07, 6.45) is 1.55. The number of nitrogens with one attached hydrogen (secondary N) is 1. The van der Waals surface area contributed by atoms with Crippen molar-refractivity contribution in [2.75, 3.05) is 5.43 Å². The first-order chi connectivity index (χ1) is 11.5. The number of rotatable bonds is 4. The Balaban J connectivity index is 1.73. The summed E-state index contributed by atoms with van der Waals surface area (Å²) < 4.78 is 6.75. The molecule has 1 aromatic heterocycles. The number of hydrogen-bond acceptors (Lipinski definition) is 3. The summed E-state index contributed by atoms with van der Waals surface area (Å²) in [6, 6.07) is 14.7. The van der Waals surface area contributed by atoms with Crippen LogP contribution in [0.1, 0.15) is 5.76 Å². The number of hydrogen-bond donors (Lipinski definition) is 1. The summed E-state index contributed by atoms with van der Waals surface area (Å²) in [6.45, 7) is 0. The Kier molecular flexibility index (Phi) is 5.51. The number of anilines is 1. The molecule has 3 nitrogen and oxygen atoms in total. The van der Waals surface area contributed by atoms with Crippen LogP contribution in [-0.2, 0) is 0 Å². The van der Waals surface area contributed by atoms with Gasteiger partial charge in [-0.05, 0) is 36.4 Å². The molecule has 0 fully saturated rings. The highest BCUT2D eigenvalue weighted by Crippen LogP contribution is 2.33. The fourth-order valence-corrected chi connectivity index (χ4v) is 3.17. The van der Waals surface area contributed by atoms with E-state index in [1.54, 1.807) is 18.3 Å². The molecular weight excluding hydrogens is 434 g/mol. The third-order valence-electron chi connectivity index (χ3n) is 3.13. The number of hydrazone groups is 1. The Morgan fingerprint density at radius 3 is 2.29 bits per heavy atom. The number of nitrogens with zero attached hydrogens (tertiary/aromatic N) is 1. The van der Waals surface area contributed by atoms with E-state index >= 15 is 0 Å². The van der Waals surface area contributed by atoms with E-state index in [1.165, 1.54) is 0 Å². The number of benzene rings is 2. The molecule has 0 amide bonds. The van der Waals surface area contributed by atoms with Crippen LogP contribution in [0.3, 0.4) is 0 Å². The van der Waals surface area contributed by atoms with E-state index in [0.29, 0.717) is 26.5 Å². The second-order valence-electron chi connectivity index (χ2n) is 4.82. The normalized spacial score (nSPS) is 11.2. The number of halogens is 4. The van der Waals surface area contributed by atoms with Crippen LogP contribution in [0.2, 0.25) is 15.1 Å². The Labute approximate surface area is 162 Å². The summed E-state index contributed by atoms with van der Waals surface area (Å²) in [5.41, 5.74) is 4.26. The fourth-order valence-electron chi connectivity index (χ4n) is 2.00. The van der Waals surface area contributed by atoms with Crippen LogP contribution in [0.15, 0.2) is 62.5 Å². The third-order valence-corrected chi connectivity index (χ3v) is 4.47. The first-order valence-corrected chi connectivity index (χ1v) is 8.75. The maximum absolute atomic E-state index is 6.08. The van der Waals surface area contributed by atoms with Crippen LogP contribution in [0.4, 0.5) is 5.69 Å². The maximum atomic E-state index is 6.08.